The second kappa shape index (κ2) is 9.30. The molecule has 3 rings (SSSR count). The Kier molecular flexibility index (Phi) is 6.55. The van der Waals surface area contributed by atoms with Gasteiger partial charge in [0.05, 0.1) is 38.0 Å². The van der Waals surface area contributed by atoms with Gasteiger partial charge in [0.2, 0.25) is 11.8 Å². The van der Waals surface area contributed by atoms with Crippen LogP contribution >= 0.6 is 0 Å². The fraction of sp³-hybridized carbons (Fsp3) is 0.304. The van der Waals surface area contributed by atoms with Gasteiger partial charge >= 0.3 is 0 Å². The molecule has 0 aromatic heterocycles. The largest absolute Gasteiger partial charge is 0.493 e. The summed E-state index contributed by atoms with van der Waals surface area (Å²) in [6.45, 7) is 1.66. The van der Waals surface area contributed by atoms with Crippen molar-refractivity contribution < 1.29 is 23.9 Å². The van der Waals surface area contributed by atoms with Gasteiger partial charge in [0.15, 0.2) is 11.5 Å². The first-order valence-electron chi connectivity index (χ1n) is 9.74. The molecule has 3 amide bonds. The van der Waals surface area contributed by atoms with Crippen LogP contribution in [0.4, 0.5) is 5.69 Å². The summed E-state index contributed by atoms with van der Waals surface area (Å²) in [5, 5.41) is 8.93. The minimum Gasteiger partial charge on any atom is -0.493 e. The summed E-state index contributed by atoms with van der Waals surface area (Å²) in [5.74, 6) is 0.0698. The number of benzene rings is 2. The van der Waals surface area contributed by atoms with Gasteiger partial charge in [-0.25, -0.2) is 4.90 Å². The fourth-order valence-corrected chi connectivity index (χ4v) is 3.63. The Morgan fingerprint density at radius 1 is 1.13 bits per heavy atom. The van der Waals surface area contributed by atoms with E-state index in [4.69, 9.17) is 14.7 Å². The molecule has 1 aliphatic rings. The van der Waals surface area contributed by atoms with Crippen molar-refractivity contribution in [1.82, 2.24) is 4.90 Å². The summed E-state index contributed by atoms with van der Waals surface area (Å²) in [6, 6.07) is 12.8. The number of methoxy groups -OCH3 is 2. The van der Waals surface area contributed by atoms with Crippen molar-refractivity contribution in [3.05, 3.63) is 53.6 Å². The molecule has 1 saturated heterocycles. The number of hydrogen-bond acceptors (Lipinski definition) is 6. The molecule has 0 radical (unpaired) electrons. The number of ether oxygens (including phenoxy) is 2. The molecule has 0 saturated carbocycles. The molecule has 1 aliphatic heterocycles. The summed E-state index contributed by atoms with van der Waals surface area (Å²) in [7, 11) is 3.10. The van der Waals surface area contributed by atoms with Crippen LogP contribution in [0.15, 0.2) is 42.5 Å². The second-order valence-electron chi connectivity index (χ2n) is 7.10. The highest BCUT2D eigenvalue weighted by Crippen LogP contribution is 2.29. The molecule has 0 N–H and O–H groups in total. The molecule has 0 spiro atoms. The molecule has 160 valence electrons. The number of anilines is 1. The van der Waals surface area contributed by atoms with Crippen molar-refractivity contribution in [3.8, 4) is 17.6 Å². The zero-order chi connectivity index (χ0) is 22.5. The molecule has 1 unspecified atom stereocenters. The number of nitrogens with zero attached hydrogens (tertiary/aromatic N) is 3. The first-order chi connectivity index (χ1) is 14.9. The Morgan fingerprint density at radius 2 is 1.81 bits per heavy atom. The van der Waals surface area contributed by atoms with E-state index >= 15 is 0 Å². The van der Waals surface area contributed by atoms with Gasteiger partial charge in [-0.3, -0.25) is 14.4 Å². The van der Waals surface area contributed by atoms with Gasteiger partial charge in [-0.1, -0.05) is 6.07 Å². The Bertz CT molecular complexity index is 1040. The van der Waals surface area contributed by atoms with E-state index in [9.17, 15) is 14.4 Å². The summed E-state index contributed by atoms with van der Waals surface area (Å²) in [4.78, 5) is 40.4. The topological polar surface area (TPSA) is 99.9 Å². The molecule has 2 aromatic rings. The molecule has 2 aromatic carbocycles. The lowest BCUT2D eigenvalue weighted by molar-refractivity contribution is -0.136. The van der Waals surface area contributed by atoms with E-state index in [2.05, 4.69) is 0 Å². The van der Waals surface area contributed by atoms with Crippen molar-refractivity contribution in [2.45, 2.75) is 25.8 Å². The molecule has 1 fully saturated rings. The van der Waals surface area contributed by atoms with Gasteiger partial charge in [-0.05, 0) is 48.4 Å². The third kappa shape index (κ3) is 4.51. The van der Waals surface area contributed by atoms with Crippen LogP contribution in [-0.4, -0.2) is 49.4 Å². The van der Waals surface area contributed by atoms with Crippen molar-refractivity contribution in [2.24, 2.45) is 0 Å². The van der Waals surface area contributed by atoms with Gasteiger partial charge in [0, 0.05) is 13.5 Å². The molecule has 1 atom stereocenters. The number of carbonyl (C=O) groups excluding carboxylic acids is 3. The van der Waals surface area contributed by atoms with Crippen LogP contribution in [0.25, 0.3) is 0 Å². The monoisotopic (exact) mass is 421 g/mol. The van der Waals surface area contributed by atoms with Crippen molar-refractivity contribution in [2.75, 3.05) is 25.7 Å². The van der Waals surface area contributed by atoms with E-state index in [0.717, 1.165) is 10.5 Å². The van der Waals surface area contributed by atoms with Gasteiger partial charge in [-0.2, -0.15) is 5.26 Å². The number of amides is 3. The maximum Gasteiger partial charge on any atom is 0.257 e. The molecular weight excluding hydrogens is 398 g/mol. The third-order valence-electron chi connectivity index (χ3n) is 5.25. The standard InChI is InChI=1S/C23H23N3O5/c1-15(27)25(11-10-16-6-9-20(30-2)21(12-16)31-3)19-13-22(28)26(23(19)29)18-7-4-17(14-24)5-8-18/h4-9,12,19H,10-11,13H2,1-3H3. The number of imide groups is 1. The Morgan fingerprint density at radius 3 is 2.39 bits per heavy atom. The minimum atomic E-state index is -0.860. The minimum absolute atomic E-state index is 0.0790. The third-order valence-corrected chi connectivity index (χ3v) is 5.25. The zero-order valence-electron chi connectivity index (χ0n) is 17.6. The number of carbonyl (C=O) groups is 3. The van der Waals surface area contributed by atoms with E-state index < -0.39 is 11.9 Å². The number of rotatable bonds is 7. The average Bonchev–Trinajstić information content (AvgIpc) is 3.07. The summed E-state index contributed by atoms with van der Waals surface area (Å²) >= 11 is 0. The van der Waals surface area contributed by atoms with Crippen LogP contribution in [0.1, 0.15) is 24.5 Å². The van der Waals surface area contributed by atoms with Gasteiger partial charge in [-0.15, -0.1) is 0 Å². The van der Waals surface area contributed by atoms with Crippen LogP contribution in [-0.2, 0) is 20.8 Å². The van der Waals surface area contributed by atoms with Crippen LogP contribution in [0, 0.1) is 11.3 Å². The lowest BCUT2D eigenvalue weighted by Gasteiger charge is -2.26. The van der Waals surface area contributed by atoms with Crippen molar-refractivity contribution in [1.29, 1.82) is 5.26 Å². The lowest BCUT2D eigenvalue weighted by Crippen LogP contribution is -2.45. The zero-order valence-corrected chi connectivity index (χ0v) is 17.6. The Hall–Kier alpha value is -3.86. The predicted octanol–water partition coefficient (Wildman–Crippen LogP) is 2.30. The van der Waals surface area contributed by atoms with E-state index in [1.807, 2.05) is 18.2 Å². The van der Waals surface area contributed by atoms with Crippen molar-refractivity contribution in [3.63, 3.8) is 0 Å². The first-order valence-corrected chi connectivity index (χ1v) is 9.74. The van der Waals surface area contributed by atoms with Gasteiger partial charge < -0.3 is 14.4 Å². The smallest absolute Gasteiger partial charge is 0.257 e. The summed E-state index contributed by atoms with van der Waals surface area (Å²) in [6.07, 6.45) is 0.402. The van der Waals surface area contributed by atoms with Crippen LogP contribution in [0.3, 0.4) is 0 Å². The normalized spacial score (nSPS) is 15.5. The van der Waals surface area contributed by atoms with Gasteiger partial charge in [0.1, 0.15) is 6.04 Å². The maximum atomic E-state index is 13.0. The Balaban J connectivity index is 1.77. The fourth-order valence-electron chi connectivity index (χ4n) is 3.63. The maximum absolute atomic E-state index is 13.0. The predicted molar refractivity (Wildman–Crippen MR) is 113 cm³/mol. The van der Waals surface area contributed by atoms with Crippen LogP contribution in [0.5, 0.6) is 11.5 Å². The van der Waals surface area contributed by atoms with Crippen molar-refractivity contribution >= 4 is 23.4 Å². The summed E-state index contributed by atoms with van der Waals surface area (Å²) in [5.41, 5.74) is 1.73. The quantitative estimate of drug-likeness (QED) is 0.636. The van der Waals surface area contributed by atoms with E-state index in [0.29, 0.717) is 29.2 Å². The molecule has 0 aliphatic carbocycles. The highest BCUT2D eigenvalue weighted by molar-refractivity contribution is 6.23. The second-order valence-corrected chi connectivity index (χ2v) is 7.10. The van der Waals surface area contributed by atoms with Gasteiger partial charge in [0.25, 0.3) is 5.91 Å². The lowest BCUT2D eigenvalue weighted by atomic mass is 10.1. The van der Waals surface area contributed by atoms with E-state index in [-0.39, 0.29) is 24.8 Å². The Labute approximate surface area is 180 Å². The van der Waals surface area contributed by atoms with Crippen LogP contribution in [0.2, 0.25) is 0 Å². The van der Waals surface area contributed by atoms with E-state index in [1.54, 1.807) is 44.6 Å². The average molecular weight is 421 g/mol. The molecular formula is C23H23N3O5. The molecule has 31 heavy (non-hydrogen) atoms. The molecule has 1 heterocycles. The van der Waals surface area contributed by atoms with E-state index in [1.165, 1.54) is 11.8 Å². The highest BCUT2D eigenvalue weighted by atomic mass is 16.5. The molecule has 0 bridgehead atoms. The number of nitriles is 1. The molecule has 8 nitrogen and oxygen atoms in total. The SMILES string of the molecule is COc1ccc(CCN(C(C)=O)C2CC(=O)N(c3ccc(C#N)cc3)C2=O)cc1OC. The summed E-state index contributed by atoms with van der Waals surface area (Å²) < 4.78 is 10.5. The van der Waals surface area contributed by atoms with Crippen LogP contribution < -0.4 is 14.4 Å². The number of hydrogen-bond donors (Lipinski definition) is 0. The molecule has 8 heteroatoms. The highest BCUT2D eigenvalue weighted by Gasteiger charge is 2.43. The first kappa shape index (κ1) is 21.8.